The van der Waals surface area contributed by atoms with Gasteiger partial charge in [0.05, 0.1) is 6.42 Å². The third-order valence-electron chi connectivity index (χ3n) is 4.99. The van der Waals surface area contributed by atoms with Crippen molar-refractivity contribution in [2.75, 3.05) is 0 Å². The molecule has 4 rings (SSSR count). The molecule has 6 nitrogen and oxygen atoms in total. The Morgan fingerprint density at radius 3 is 2.88 bits per heavy atom. The molecule has 0 radical (unpaired) electrons. The average molecular weight is 340 g/mol. The molecule has 2 aromatic rings. The maximum atomic E-state index is 12.4. The third kappa shape index (κ3) is 3.04. The molecule has 1 atom stereocenters. The van der Waals surface area contributed by atoms with Crippen LogP contribution in [-0.2, 0) is 33.6 Å². The van der Waals surface area contributed by atoms with E-state index in [-0.39, 0.29) is 24.7 Å². The second-order valence-electron chi connectivity index (χ2n) is 6.75. The van der Waals surface area contributed by atoms with Crippen LogP contribution in [0.1, 0.15) is 42.6 Å². The van der Waals surface area contributed by atoms with Crippen LogP contribution in [0.5, 0.6) is 0 Å². The van der Waals surface area contributed by atoms with E-state index in [4.69, 9.17) is 4.42 Å². The van der Waals surface area contributed by atoms with Crippen molar-refractivity contribution in [2.24, 2.45) is 0 Å². The molecule has 25 heavy (non-hydrogen) atoms. The number of nitrogens with one attached hydrogen (secondary N) is 2. The van der Waals surface area contributed by atoms with Gasteiger partial charge in [-0.1, -0.05) is 18.2 Å². The minimum atomic E-state index is -0.644. The van der Waals surface area contributed by atoms with E-state index in [0.717, 1.165) is 41.6 Å². The zero-order valence-corrected chi connectivity index (χ0v) is 13.9. The molecule has 1 fully saturated rings. The standard InChI is InChI=1S/C19H20N2O4/c22-16-9-8-14(19(24)21-16)20-17(23)10-11-4-3-6-13-12-5-1-2-7-15(12)25-18(11)13/h3-4,6,14H,1-2,5,7-10H2,(H,20,23)(H,21,22,24). The number of benzene rings is 1. The van der Waals surface area contributed by atoms with Crippen LogP contribution in [0.2, 0.25) is 0 Å². The van der Waals surface area contributed by atoms with E-state index < -0.39 is 11.9 Å². The van der Waals surface area contributed by atoms with Gasteiger partial charge in [0.15, 0.2) is 0 Å². The third-order valence-corrected chi connectivity index (χ3v) is 4.99. The molecule has 0 saturated carbocycles. The fraction of sp³-hybridized carbons (Fsp3) is 0.421. The average Bonchev–Trinajstić information content (AvgIpc) is 2.97. The smallest absolute Gasteiger partial charge is 0.249 e. The normalized spacial score (nSPS) is 20.2. The van der Waals surface area contributed by atoms with Crippen molar-refractivity contribution in [3.63, 3.8) is 0 Å². The summed E-state index contributed by atoms with van der Waals surface area (Å²) in [6.07, 6.45) is 5.02. The molecule has 1 aromatic heterocycles. The van der Waals surface area contributed by atoms with Crippen LogP contribution in [0, 0.1) is 0 Å². The lowest BCUT2D eigenvalue weighted by atomic mass is 9.95. The molecule has 1 aliphatic carbocycles. The van der Waals surface area contributed by atoms with E-state index in [0.29, 0.717) is 6.42 Å². The van der Waals surface area contributed by atoms with Crippen LogP contribution in [0.3, 0.4) is 0 Å². The Hall–Kier alpha value is -2.63. The van der Waals surface area contributed by atoms with Crippen LogP contribution in [0.25, 0.3) is 11.0 Å². The number of amides is 3. The highest BCUT2D eigenvalue weighted by atomic mass is 16.3. The van der Waals surface area contributed by atoms with Crippen molar-refractivity contribution >= 4 is 28.7 Å². The minimum absolute atomic E-state index is 0.154. The van der Waals surface area contributed by atoms with Gasteiger partial charge < -0.3 is 9.73 Å². The van der Waals surface area contributed by atoms with E-state index in [9.17, 15) is 14.4 Å². The second-order valence-corrected chi connectivity index (χ2v) is 6.75. The summed E-state index contributed by atoms with van der Waals surface area (Å²) in [4.78, 5) is 35.3. The van der Waals surface area contributed by atoms with Crippen molar-refractivity contribution in [2.45, 2.75) is 51.0 Å². The van der Waals surface area contributed by atoms with Crippen LogP contribution in [0.15, 0.2) is 22.6 Å². The predicted octanol–water partition coefficient (Wildman–Crippen LogP) is 1.78. The number of carbonyl (C=O) groups is 3. The number of fused-ring (bicyclic) bond motifs is 3. The Morgan fingerprint density at radius 1 is 1.20 bits per heavy atom. The Labute approximate surface area is 144 Å². The molecule has 2 heterocycles. The Bertz CT molecular complexity index is 868. The second kappa shape index (κ2) is 6.35. The molecule has 1 aromatic carbocycles. The summed E-state index contributed by atoms with van der Waals surface area (Å²) in [5.74, 6) is 0.0772. The largest absolute Gasteiger partial charge is 0.460 e. The summed E-state index contributed by atoms with van der Waals surface area (Å²) in [5.41, 5.74) is 2.89. The van der Waals surface area contributed by atoms with Gasteiger partial charge in [0.1, 0.15) is 17.4 Å². The first-order valence-corrected chi connectivity index (χ1v) is 8.77. The van der Waals surface area contributed by atoms with E-state index in [1.54, 1.807) is 0 Å². The summed E-state index contributed by atoms with van der Waals surface area (Å²) in [6, 6.07) is 5.24. The fourth-order valence-corrected chi connectivity index (χ4v) is 3.73. The maximum absolute atomic E-state index is 12.4. The van der Waals surface area contributed by atoms with Crippen LogP contribution >= 0.6 is 0 Å². The lowest BCUT2D eigenvalue weighted by Crippen LogP contribution is -2.52. The number of furan rings is 1. The molecule has 0 bridgehead atoms. The number of carbonyl (C=O) groups excluding carboxylic acids is 3. The Kier molecular flexibility index (Phi) is 4.03. The van der Waals surface area contributed by atoms with Crippen LogP contribution in [-0.4, -0.2) is 23.8 Å². The molecule has 2 N–H and O–H groups in total. The van der Waals surface area contributed by atoms with Crippen molar-refractivity contribution in [1.82, 2.24) is 10.6 Å². The van der Waals surface area contributed by atoms with E-state index in [1.807, 2.05) is 18.2 Å². The SMILES string of the molecule is O=C1CCC(NC(=O)Cc2cccc3c4c(oc23)CCCC4)C(=O)N1. The zero-order chi connectivity index (χ0) is 17.4. The quantitative estimate of drug-likeness (QED) is 0.834. The van der Waals surface area contributed by atoms with Gasteiger partial charge in [-0.05, 0) is 25.7 Å². The highest BCUT2D eigenvalue weighted by molar-refractivity contribution is 6.02. The number of hydrogen-bond donors (Lipinski definition) is 2. The summed E-state index contributed by atoms with van der Waals surface area (Å²) in [6.45, 7) is 0. The van der Waals surface area contributed by atoms with E-state index in [2.05, 4.69) is 10.6 Å². The molecule has 3 amide bonds. The lowest BCUT2D eigenvalue weighted by molar-refractivity contribution is -0.137. The molecule has 2 aliphatic rings. The number of imide groups is 1. The minimum Gasteiger partial charge on any atom is -0.460 e. The van der Waals surface area contributed by atoms with E-state index >= 15 is 0 Å². The van der Waals surface area contributed by atoms with Gasteiger partial charge in [0.2, 0.25) is 17.7 Å². The number of piperidine rings is 1. The summed E-state index contributed by atoms with van der Waals surface area (Å²) < 4.78 is 6.04. The lowest BCUT2D eigenvalue weighted by Gasteiger charge is -2.21. The highest BCUT2D eigenvalue weighted by Crippen LogP contribution is 2.33. The molecule has 1 aliphatic heterocycles. The first kappa shape index (κ1) is 15.9. The van der Waals surface area contributed by atoms with Crippen molar-refractivity contribution < 1.29 is 18.8 Å². The van der Waals surface area contributed by atoms with Crippen molar-refractivity contribution in [3.8, 4) is 0 Å². The molecule has 6 heteroatoms. The van der Waals surface area contributed by atoms with E-state index in [1.165, 1.54) is 12.0 Å². The van der Waals surface area contributed by atoms with Gasteiger partial charge in [-0.25, -0.2) is 0 Å². The Balaban J connectivity index is 1.52. The molecule has 0 spiro atoms. The zero-order valence-electron chi connectivity index (χ0n) is 13.9. The predicted molar refractivity (Wildman–Crippen MR) is 90.9 cm³/mol. The van der Waals surface area contributed by atoms with Gasteiger partial charge in [-0.3, -0.25) is 19.7 Å². The van der Waals surface area contributed by atoms with Crippen LogP contribution in [0.4, 0.5) is 0 Å². The molecule has 1 saturated heterocycles. The first-order chi connectivity index (χ1) is 12.1. The molecular weight excluding hydrogens is 320 g/mol. The number of para-hydroxylation sites is 1. The maximum Gasteiger partial charge on any atom is 0.249 e. The van der Waals surface area contributed by atoms with Gasteiger partial charge >= 0.3 is 0 Å². The summed E-state index contributed by atoms with van der Waals surface area (Å²) in [5, 5.41) is 6.07. The van der Waals surface area contributed by atoms with Gasteiger partial charge in [0, 0.05) is 29.4 Å². The van der Waals surface area contributed by atoms with Crippen molar-refractivity contribution in [3.05, 3.63) is 35.1 Å². The van der Waals surface area contributed by atoms with Crippen molar-refractivity contribution in [1.29, 1.82) is 0 Å². The fourth-order valence-electron chi connectivity index (χ4n) is 3.73. The number of rotatable bonds is 3. The number of aryl methyl sites for hydroxylation is 2. The number of hydrogen-bond acceptors (Lipinski definition) is 4. The highest BCUT2D eigenvalue weighted by Gasteiger charge is 2.28. The molecule has 130 valence electrons. The monoisotopic (exact) mass is 340 g/mol. The van der Waals surface area contributed by atoms with Gasteiger partial charge in [-0.15, -0.1) is 0 Å². The molecular formula is C19H20N2O4. The summed E-state index contributed by atoms with van der Waals surface area (Å²) in [7, 11) is 0. The van der Waals surface area contributed by atoms with Gasteiger partial charge in [0.25, 0.3) is 0 Å². The first-order valence-electron chi connectivity index (χ1n) is 8.77. The van der Waals surface area contributed by atoms with Crippen LogP contribution < -0.4 is 10.6 Å². The topological polar surface area (TPSA) is 88.4 Å². The van der Waals surface area contributed by atoms with Gasteiger partial charge in [-0.2, -0.15) is 0 Å². The Morgan fingerprint density at radius 2 is 2.04 bits per heavy atom. The molecule has 1 unspecified atom stereocenters. The summed E-state index contributed by atoms with van der Waals surface area (Å²) >= 11 is 0.